The zero-order valence-corrected chi connectivity index (χ0v) is 28.8. The van der Waals surface area contributed by atoms with Gasteiger partial charge in [-0.15, -0.1) is 0 Å². The molecule has 2 N–H and O–H groups in total. The second kappa shape index (κ2) is 15.7. The van der Waals surface area contributed by atoms with E-state index in [-0.39, 0.29) is 22.4 Å². The Morgan fingerprint density at radius 2 is 1.38 bits per heavy atom. The molecule has 0 atom stereocenters. The van der Waals surface area contributed by atoms with Crippen molar-refractivity contribution in [2.75, 3.05) is 18.4 Å². The summed E-state index contributed by atoms with van der Waals surface area (Å²) in [5.41, 5.74) is -0.770. The molecule has 260 valence electrons. The van der Waals surface area contributed by atoms with Crippen LogP contribution in [0.4, 0.5) is 31.5 Å². The van der Waals surface area contributed by atoms with E-state index in [9.17, 15) is 48.0 Å². The Hall–Kier alpha value is -2.93. The fourth-order valence-corrected chi connectivity index (χ4v) is 7.63. The van der Waals surface area contributed by atoms with Crippen LogP contribution >= 0.6 is 45.2 Å². The standard InChI is InChI=1S/C21H19ClF3N3O3S2.C7H3Cl2F3O2S/c1-13-5-2-3-6-15(13)19(29)17-12-27-20(32-17)26-9-4-10-28-33(30,31)18-11-14(21(23,24)25)7-8-16(18)22;8-5-2-1-4(7(10,11)12)3-6(5)15(9,13)14/h2-3,5-8,11-12,28H,4,9-10H2,1H3,(H,26,27);1-3H. The van der Waals surface area contributed by atoms with Gasteiger partial charge in [-0.25, -0.2) is 26.5 Å². The van der Waals surface area contributed by atoms with Gasteiger partial charge in [0.15, 0.2) is 5.13 Å². The van der Waals surface area contributed by atoms with Crippen molar-refractivity contribution >= 4 is 75.2 Å². The fraction of sp³-hybridized carbons (Fsp3) is 0.214. The van der Waals surface area contributed by atoms with Gasteiger partial charge >= 0.3 is 12.4 Å². The Morgan fingerprint density at radius 3 is 1.92 bits per heavy atom. The molecular formula is C28H22Cl3F6N3O5S3. The number of aromatic nitrogens is 1. The van der Waals surface area contributed by atoms with Crippen molar-refractivity contribution in [3.05, 3.63) is 104 Å². The number of nitrogens with one attached hydrogen (secondary N) is 2. The largest absolute Gasteiger partial charge is 0.416 e. The number of halogens is 9. The number of benzene rings is 3. The van der Waals surface area contributed by atoms with E-state index in [0.29, 0.717) is 46.7 Å². The van der Waals surface area contributed by atoms with E-state index in [4.69, 9.17) is 33.9 Å². The number of ketones is 1. The molecule has 8 nitrogen and oxygen atoms in total. The molecule has 0 aliphatic carbocycles. The minimum atomic E-state index is -4.69. The van der Waals surface area contributed by atoms with Gasteiger partial charge in [0.05, 0.1) is 32.2 Å². The summed E-state index contributed by atoms with van der Waals surface area (Å²) in [7, 11) is -3.60. The van der Waals surface area contributed by atoms with E-state index in [0.717, 1.165) is 23.8 Å². The van der Waals surface area contributed by atoms with Crippen LogP contribution in [0.25, 0.3) is 0 Å². The highest BCUT2D eigenvalue weighted by Gasteiger charge is 2.33. The number of carbonyl (C=O) groups excluding carboxylic acids is 1. The van der Waals surface area contributed by atoms with Crippen LogP contribution in [0.3, 0.4) is 0 Å². The summed E-state index contributed by atoms with van der Waals surface area (Å²) in [4.78, 5) is 15.8. The van der Waals surface area contributed by atoms with Gasteiger partial charge in [-0.05, 0) is 55.3 Å². The van der Waals surface area contributed by atoms with E-state index >= 15 is 0 Å². The topological polar surface area (TPSA) is 122 Å². The Morgan fingerprint density at radius 1 is 0.833 bits per heavy atom. The molecule has 4 rings (SSSR count). The molecule has 0 radical (unpaired) electrons. The number of nitrogens with zero attached hydrogens (tertiary/aromatic N) is 1. The number of hydrogen-bond acceptors (Lipinski definition) is 8. The Balaban J connectivity index is 0.000000348. The molecule has 1 aromatic heterocycles. The van der Waals surface area contributed by atoms with Crippen LogP contribution in [-0.4, -0.2) is 40.7 Å². The Bertz CT molecular complexity index is 2010. The van der Waals surface area contributed by atoms with Crippen molar-refractivity contribution in [1.82, 2.24) is 9.71 Å². The monoisotopic (exact) mass is 795 g/mol. The highest BCUT2D eigenvalue weighted by atomic mass is 35.7. The molecular weight excluding hydrogens is 775 g/mol. The lowest BCUT2D eigenvalue weighted by Gasteiger charge is -2.12. The van der Waals surface area contributed by atoms with Crippen LogP contribution in [0.5, 0.6) is 0 Å². The summed E-state index contributed by atoms with van der Waals surface area (Å²) in [5.74, 6) is -0.135. The molecule has 3 aromatic carbocycles. The van der Waals surface area contributed by atoms with Crippen LogP contribution in [0.1, 0.15) is 38.3 Å². The van der Waals surface area contributed by atoms with Crippen molar-refractivity contribution in [2.45, 2.75) is 35.5 Å². The highest BCUT2D eigenvalue weighted by Crippen LogP contribution is 2.35. The summed E-state index contributed by atoms with van der Waals surface area (Å²) in [6, 6.07) is 11.3. The van der Waals surface area contributed by atoms with Gasteiger partial charge in [0.1, 0.15) is 9.79 Å². The van der Waals surface area contributed by atoms with Crippen molar-refractivity contribution < 1.29 is 48.0 Å². The molecule has 0 aliphatic rings. The van der Waals surface area contributed by atoms with Crippen molar-refractivity contribution in [1.29, 1.82) is 0 Å². The molecule has 0 bridgehead atoms. The number of alkyl halides is 6. The second-order valence-electron chi connectivity index (χ2n) is 9.58. The first kappa shape index (κ1) is 39.5. The van der Waals surface area contributed by atoms with Crippen LogP contribution in [-0.2, 0) is 31.4 Å². The quantitative estimate of drug-likeness (QED) is 0.0716. The number of hydrogen-bond donors (Lipinski definition) is 2. The van der Waals surface area contributed by atoms with Crippen molar-refractivity contribution in [3.8, 4) is 0 Å². The molecule has 4 aromatic rings. The van der Waals surface area contributed by atoms with Crippen LogP contribution < -0.4 is 10.0 Å². The van der Waals surface area contributed by atoms with Crippen LogP contribution in [0.15, 0.2) is 76.7 Å². The van der Waals surface area contributed by atoms with Gasteiger partial charge in [-0.1, -0.05) is 58.8 Å². The maximum Gasteiger partial charge on any atom is 0.416 e. The lowest BCUT2D eigenvalue weighted by molar-refractivity contribution is -0.138. The average molecular weight is 797 g/mol. The fourth-order valence-electron chi connectivity index (χ4n) is 3.74. The summed E-state index contributed by atoms with van der Waals surface area (Å²) in [5, 5.41) is 2.84. The Labute approximate surface area is 289 Å². The lowest BCUT2D eigenvalue weighted by atomic mass is 10.0. The molecule has 0 saturated heterocycles. The third-order valence-electron chi connectivity index (χ3n) is 6.11. The first-order valence-corrected chi connectivity index (χ1v) is 18.5. The molecule has 1 heterocycles. The number of carbonyl (C=O) groups is 1. The summed E-state index contributed by atoms with van der Waals surface area (Å²) >= 11 is 12.4. The summed E-state index contributed by atoms with van der Waals surface area (Å²) < 4.78 is 124. The Kier molecular flexibility index (Phi) is 13.0. The zero-order valence-electron chi connectivity index (χ0n) is 24.1. The number of rotatable bonds is 10. The van der Waals surface area contributed by atoms with E-state index in [1.54, 1.807) is 12.1 Å². The smallest absolute Gasteiger partial charge is 0.361 e. The highest BCUT2D eigenvalue weighted by molar-refractivity contribution is 8.13. The number of anilines is 1. The van der Waals surface area contributed by atoms with Gasteiger partial charge in [-0.3, -0.25) is 4.79 Å². The van der Waals surface area contributed by atoms with E-state index in [1.807, 2.05) is 19.1 Å². The molecule has 0 unspecified atom stereocenters. The first-order valence-electron chi connectivity index (χ1n) is 13.1. The second-order valence-corrected chi connectivity index (χ2v) is 15.7. The predicted octanol–water partition coefficient (Wildman–Crippen LogP) is 8.42. The van der Waals surface area contributed by atoms with Gasteiger partial charge in [0, 0.05) is 29.3 Å². The molecule has 0 fully saturated rings. The lowest BCUT2D eigenvalue weighted by Crippen LogP contribution is -2.26. The summed E-state index contributed by atoms with van der Waals surface area (Å²) in [6.45, 7) is 2.13. The average Bonchev–Trinajstić information content (AvgIpc) is 3.45. The third-order valence-corrected chi connectivity index (χ3v) is 10.8. The molecule has 0 spiro atoms. The summed E-state index contributed by atoms with van der Waals surface area (Å²) in [6.07, 6.45) is -7.54. The molecule has 0 amide bonds. The van der Waals surface area contributed by atoms with Gasteiger partial charge < -0.3 is 5.32 Å². The maximum atomic E-state index is 12.9. The minimum absolute atomic E-state index is 0.0394. The maximum absolute atomic E-state index is 12.9. The van der Waals surface area contributed by atoms with E-state index < -0.39 is 52.3 Å². The predicted molar refractivity (Wildman–Crippen MR) is 171 cm³/mol. The molecule has 48 heavy (non-hydrogen) atoms. The van der Waals surface area contributed by atoms with Crippen molar-refractivity contribution in [3.63, 3.8) is 0 Å². The number of sulfonamides is 1. The van der Waals surface area contributed by atoms with Gasteiger partial charge in [0.2, 0.25) is 15.8 Å². The van der Waals surface area contributed by atoms with Crippen LogP contribution in [0.2, 0.25) is 10.0 Å². The van der Waals surface area contributed by atoms with Crippen LogP contribution in [0, 0.1) is 6.92 Å². The normalized spacial score (nSPS) is 12.3. The SMILES string of the molecule is Cc1ccccc1C(=O)c1cnc(NCCCNS(=O)(=O)c2cc(C(F)(F)F)ccc2Cl)s1.O=S(=O)(Cl)c1cc(C(F)(F)F)ccc1Cl. The van der Waals surface area contributed by atoms with Gasteiger partial charge in [-0.2, -0.15) is 26.3 Å². The molecule has 0 aliphatic heterocycles. The van der Waals surface area contributed by atoms with E-state index in [1.165, 1.54) is 17.5 Å². The minimum Gasteiger partial charge on any atom is -0.361 e. The number of aryl methyl sites for hydroxylation is 1. The third kappa shape index (κ3) is 10.8. The zero-order chi connectivity index (χ0) is 36.1. The van der Waals surface area contributed by atoms with E-state index in [2.05, 4.69) is 15.0 Å². The van der Waals surface area contributed by atoms with Gasteiger partial charge in [0.25, 0.3) is 9.05 Å². The first-order chi connectivity index (χ1) is 22.1. The molecule has 20 heteroatoms. The number of thiazole rings is 1. The van der Waals surface area contributed by atoms with Crippen molar-refractivity contribution in [2.24, 2.45) is 0 Å². The molecule has 0 saturated carbocycles.